The molecule has 130 valence electrons. The molecule has 0 aliphatic heterocycles. The average Bonchev–Trinajstić information content (AvgIpc) is 2.99. The van der Waals surface area contributed by atoms with Gasteiger partial charge in [-0.1, -0.05) is 0 Å². The zero-order valence-corrected chi connectivity index (χ0v) is 13.7. The van der Waals surface area contributed by atoms with Gasteiger partial charge in [0, 0.05) is 18.2 Å². The van der Waals surface area contributed by atoms with Gasteiger partial charge >= 0.3 is 6.36 Å². The smallest absolute Gasteiger partial charge is 0.469 e. The minimum Gasteiger partial charge on any atom is -0.469 e. The molecule has 0 aliphatic carbocycles. The van der Waals surface area contributed by atoms with Crippen molar-refractivity contribution in [3.05, 3.63) is 48.4 Å². The van der Waals surface area contributed by atoms with Gasteiger partial charge in [0.05, 0.1) is 6.26 Å². The Morgan fingerprint density at radius 3 is 2.54 bits per heavy atom. The number of alkyl halides is 3. The SMILES string of the molecule is C[C@@H](CCc1ccco1)NC(=S)Nc1ccc(OC(F)(F)F)cc1. The van der Waals surface area contributed by atoms with Crippen molar-refractivity contribution in [2.45, 2.75) is 32.2 Å². The predicted molar refractivity (Wildman–Crippen MR) is 89.0 cm³/mol. The quantitative estimate of drug-likeness (QED) is 0.745. The minimum absolute atomic E-state index is 0.114. The molecule has 8 heteroatoms. The van der Waals surface area contributed by atoms with Gasteiger partial charge in [-0.15, -0.1) is 13.2 Å². The first-order valence-electron chi connectivity index (χ1n) is 7.27. The third-order valence-electron chi connectivity index (χ3n) is 3.13. The lowest BCUT2D eigenvalue weighted by atomic mass is 10.1. The fraction of sp³-hybridized carbons (Fsp3) is 0.312. The van der Waals surface area contributed by atoms with Crippen molar-refractivity contribution in [1.29, 1.82) is 0 Å². The Labute approximate surface area is 143 Å². The van der Waals surface area contributed by atoms with Crippen LogP contribution in [0.1, 0.15) is 19.1 Å². The second kappa shape index (κ2) is 8.05. The highest BCUT2D eigenvalue weighted by Crippen LogP contribution is 2.23. The second-order valence-corrected chi connectivity index (χ2v) is 5.60. The summed E-state index contributed by atoms with van der Waals surface area (Å²) in [5, 5.41) is 6.42. The molecule has 0 bridgehead atoms. The molecule has 0 unspecified atom stereocenters. The highest BCUT2D eigenvalue weighted by atomic mass is 32.1. The number of hydrogen-bond donors (Lipinski definition) is 2. The topological polar surface area (TPSA) is 46.4 Å². The van der Waals surface area contributed by atoms with E-state index in [0.717, 1.165) is 18.6 Å². The van der Waals surface area contributed by atoms with Gasteiger partial charge in [-0.2, -0.15) is 0 Å². The van der Waals surface area contributed by atoms with Gasteiger partial charge in [0.15, 0.2) is 5.11 Å². The zero-order chi connectivity index (χ0) is 17.6. The van der Waals surface area contributed by atoms with E-state index < -0.39 is 6.36 Å². The van der Waals surface area contributed by atoms with Crippen LogP contribution in [0, 0.1) is 0 Å². The Morgan fingerprint density at radius 2 is 1.96 bits per heavy atom. The highest BCUT2D eigenvalue weighted by molar-refractivity contribution is 7.80. The summed E-state index contributed by atoms with van der Waals surface area (Å²) in [6.07, 6.45) is -1.46. The van der Waals surface area contributed by atoms with Gasteiger partial charge in [-0.3, -0.25) is 0 Å². The van der Waals surface area contributed by atoms with Crippen molar-refractivity contribution in [2.24, 2.45) is 0 Å². The Balaban J connectivity index is 1.77. The van der Waals surface area contributed by atoms with Gasteiger partial charge in [0.1, 0.15) is 11.5 Å². The number of rotatable bonds is 6. The van der Waals surface area contributed by atoms with Crippen molar-refractivity contribution in [3.8, 4) is 5.75 Å². The number of benzene rings is 1. The molecule has 2 N–H and O–H groups in total. The summed E-state index contributed by atoms with van der Waals surface area (Å²) in [6, 6.07) is 9.23. The molecular weight excluding hydrogens is 341 g/mol. The van der Waals surface area contributed by atoms with Crippen molar-refractivity contribution < 1.29 is 22.3 Å². The number of halogens is 3. The molecule has 0 fully saturated rings. The molecule has 2 aromatic rings. The van der Waals surface area contributed by atoms with E-state index in [1.54, 1.807) is 6.26 Å². The van der Waals surface area contributed by atoms with Crippen LogP contribution in [0.5, 0.6) is 5.75 Å². The molecule has 4 nitrogen and oxygen atoms in total. The number of aryl methyl sites for hydroxylation is 1. The first kappa shape index (κ1) is 18.1. The second-order valence-electron chi connectivity index (χ2n) is 5.19. The van der Waals surface area contributed by atoms with E-state index in [0.29, 0.717) is 10.8 Å². The van der Waals surface area contributed by atoms with Crippen LogP contribution in [0.3, 0.4) is 0 Å². The fourth-order valence-electron chi connectivity index (χ4n) is 2.02. The molecule has 2 rings (SSSR count). The molecule has 1 heterocycles. The molecule has 0 spiro atoms. The van der Waals surface area contributed by atoms with Crippen LogP contribution in [-0.4, -0.2) is 17.5 Å². The summed E-state index contributed by atoms with van der Waals surface area (Å²) in [5.74, 6) is 0.626. The first-order valence-corrected chi connectivity index (χ1v) is 7.68. The molecule has 0 amide bonds. The van der Waals surface area contributed by atoms with Gasteiger partial charge in [0.25, 0.3) is 0 Å². The third-order valence-corrected chi connectivity index (χ3v) is 3.35. The molecule has 1 aromatic heterocycles. The maximum Gasteiger partial charge on any atom is 0.573 e. The average molecular weight is 358 g/mol. The first-order chi connectivity index (χ1) is 11.3. The molecule has 24 heavy (non-hydrogen) atoms. The van der Waals surface area contributed by atoms with Crippen LogP contribution in [0.2, 0.25) is 0 Å². The van der Waals surface area contributed by atoms with Crippen molar-refractivity contribution in [3.63, 3.8) is 0 Å². The summed E-state index contributed by atoms with van der Waals surface area (Å²) < 4.78 is 45.4. The molecule has 1 aromatic carbocycles. The molecule has 0 aliphatic rings. The van der Waals surface area contributed by atoms with Crippen molar-refractivity contribution in [2.75, 3.05) is 5.32 Å². The molecular formula is C16H17F3N2O2S. The molecule has 0 saturated carbocycles. The largest absolute Gasteiger partial charge is 0.573 e. The number of furan rings is 1. The Hall–Kier alpha value is -2.22. The van der Waals surface area contributed by atoms with Crippen molar-refractivity contribution >= 4 is 23.0 Å². The van der Waals surface area contributed by atoms with Crippen LogP contribution in [0.15, 0.2) is 47.1 Å². The van der Waals surface area contributed by atoms with Crippen LogP contribution in [0.4, 0.5) is 18.9 Å². The number of nitrogens with one attached hydrogen (secondary N) is 2. The van der Waals surface area contributed by atoms with E-state index in [9.17, 15) is 13.2 Å². The zero-order valence-electron chi connectivity index (χ0n) is 12.9. The Bertz CT molecular complexity index is 642. The summed E-state index contributed by atoms with van der Waals surface area (Å²) in [4.78, 5) is 0. The summed E-state index contributed by atoms with van der Waals surface area (Å²) >= 11 is 5.19. The summed E-state index contributed by atoms with van der Waals surface area (Å²) in [7, 11) is 0. The molecule has 0 saturated heterocycles. The molecule has 0 radical (unpaired) electrons. The standard InChI is InChI=1S/C16H17F3N2O2S/c1-11(4-7-13-3-2-10-22-13)20-15(24)21-12-5-8-14(9-6-12)23-16(17,18)19/h2-3,5-6,8-11H,4,7H2,1H3,(H2,20,21,24)/t11-/m0/s1. The molecule has 1 atom stereocenters. The van der Waals surface area contributed by atoms with Crippen LogP contribution in [-0.2, 0) is 6.42 Å². The van der Waals surface area contributed by atoms with E-state index in [-0.39, 0.29) is 11.8 Å². The van der Waals surface area contributed by atoms with Crippen LogP contribution < -0.4 is 15.4 Å². The Morgan fingerprint density at radius 1 is 1.25 bits per heavy atom. The lowest BCUT2D eigenvalue weighted by Crippen LogP contribution is -2.36. The number of ether oxygens (including phenoxy) is 1. The maximum absolute atomic E-state index is 12.1. The van der Waals surface area contributed by atoms with Gasteiger partial charge < -0.3 is 19.8 Å². The van der Waals surface area contributed by atoms with Gasteiger partial charge in [0.2, 0.25) is 0 Å². The van der Waals surface area contributed by atoms with Crippen LogP contribution >= 0.6 is 12.2 Å². The number of thiocarbonyl (C=S) groups is 1. The van der Waals surface area contributed by atoms with E-state index in [4.69, 9.17) is 16.6 Å². The number of anilines is 1. The van der Waals surface area contributed by atoms with E-state index in [1.807, 2.05) is 19.1 Å². The predicted octanol–water partition coefficient (Wildman–Crippen LogP) is 4.49. The van der Waals surface area contributed by atoms with E-state index in [1.165, 1.54) is 24.3 Å². The lowest BCUT2D eigenvalue weighted by Gasteiger charge is -2.17. The fourth-order valence-corrected chi connectivity index (χ4v) is 2.34. The maximum atomic E-state index is 12.1. The third kappa shape index (κ3) is 6.49. The number of hydrogen-bond acceptors (Lipinski definition) is 3. The normalized spacial score (nSPS) is 12.5. The van der Waals surface area contributed by atoms with E-state index in [2.05, 4.69) is 15.4 Å². The Kier molecular flexibility index (Phi) is 6.08. The lowest BCUT2D eigenvalue weighted by molar-refractivity contribution is -0.274. The highest BCUT2D eigenvalue weighted by Gasteiger charge is 2.30. The minimum atomic E-state index is -4.70. The van der Waals surface area contributed by atoms with Gasteiger partial charge in [-0.05, 0) is 62.0 Å². The van der Waals surface area contributed by atoms with Gasteiger partial charge in [-0.25, -0.2) is 0 Å². The van der Waals surface area contributed by atoms with E-state index >= 15 is 0 Å². The van der Waals surface area contributed by atoms with Crippen LogP contribution in [0.25, 0.3) is 0 Å². The van der Waals surface area contributed by atoms with Crippen molar-refractivity contribution in [1.82, 2.24) is 5.32 Å². The summed E-state index contributed by atoms with van der Waals surface area (Å²) in [5.41, 5.74) is 0.570. The summed E-state index contributed by atoms with van der Waals surface area (Å²) in [6.45, 7) is 1.98. The monoisotopic (exact) mass is 358 g/mol.